The number of nitrogens with one attached hydrogen (secondary N) is 1. The van der Waals surface area contributed by atoms with Crippen LogP contribution in [-0.2, 0) is 11.3 Å². The first-order chi connectivity index (χ1) is 15.3. The molecule has 0 spiro atoms. The molecule has 1 saturated heterocycles. The Hall–Kier alpha value is -2.96. The summed E-state index contributed by atoms with van der Waals surface area (Å²) >= 11 is 0. The van der Waals surface area contributed by atoms with Crippen molar-refractivity contribution >= 4 is 5.90 Å². The average molecular weight is 414 g/mol. The molecule has 6 heteroatoms. The van der Waals surface area contributed by atoms with E-state index in [-0.39, 0.29) is 6.10 Å². The lowest BCUT2D eigenvalue weighted by molar-refractivity contribution is 0.0772. The van der Waals surface area contributed by atoms with E-state index in [4.69, 9.17) is 9.73 Å². The van der Waals surface area contributed by atoms with Crippen molar-refractivity contribution in [2.75, 3.05) is 19.6 Å². The van der Waals surface area contributed by atoms with Gasteiger partial charge in [-0.2, -0.15) is 4.99 Å². The zero-order valence-electron chi connectivity index (χ0n) is 17.6. The number of fused-ring (bicyclic) bond motifs is 1. The molecular weight excluding hydrogens is 386 g/mol. The van der Waals surface area contributed by atoms with Gasteiger partial charge in [0.05, 0.1) is 5.69 Å². The molecule has 1 aromatic carbocycles. The molecule has 1 N–H and O–H groups in total. The highest BCUT2D eigenvalue weighted by atomic mass is 16.5. The van der Waals surface area contributed by atoms with Crippen LogP contribution in [0.15, 0.2) is 77.3 Å². The lowest BCUT2D eigenvalue weighted by atomic mass is 10.1. The zero-order valence-corrected chi connectivity index (χ0v) is 17.6. The van der Waals surface area contributed by atoms with Crippen LogP contribution in [0.2, 0.25) is 0 Å². The van der Waals surface area contributed by atoms with Crippen LogP contribution in [-0.4, -0.2) is 46.6 Å². The number of aliphatic imine (C=N–C) groups is 1. The minimum atomic E-state index is 0.232. The predicted octanol–water partition coefficient (Wildman–Crippen LogP) is 3.71. The normalized spacial score (nSPS) is 23.3. The third-order valence-corrected chi connectivity index (χ3v) is 6.39. The van der Waals surface area contributed by atoms with Crippen molar-refractivity contribution in [1.29, 1.82) is 0 Å². The molecule has 0 radical (unpaired) electrons. The van der Waals surface area contributed by atoms with Crippen LogP contribution in [0, 0.1) is 5.92 Å². The topological polar surface area (TPSA) is 53.0 Å². The van der Waals surface area contributed by atoms with E-state index >= 15 is 0 Å². The van der Waals surface area contributed by atoms with Gasteiger partial charge in [0.25, 0.3) is 0 Å². The van der Waals surface area contributed by atoms with Crippen molar-refractivity contribution in [2.45, 2.75) is 31.9 Å². The Morgan fingerprint density at radius 2 is 1.97 bits per heavy atom. The van der Waals surface area contributed by atoms with E-state index in [0.29, 0.717) is 5.92 Å². The molecule has 0 bridgehead atoms. The van der Waals surface area contributed by atoms with Crippen molar-refractivity contribution in [1.82, 2.24) is 20.3 Å². The SMILES string of the molecule is C1=CN2C(=C(C3CC3)CN2Cc2ccc(-c3ccccn3)cc2)N=C1O[C@H]1CCNC1. The molecule has 2 fully saturated rings. The standard InChI is InChI=1S/C25H27N5O/c1-2-12-27-23(3-1)20-6-4-18(5-7-20)16-29-17-22(19-8-9-19)25-28-24(11-14-30(25)29)31-21-10-13-26-15-21/h1-7,11-12,14,19,21,26H,8-10,13,15-17H2/t21-/m0/s1. The van der Waals surface area contributed by atoms with Gasteiger partial charge in [0.2, 0.25) is 5.90 Å². The van der Waals surface area contributed by atoms with E-state index in [0.717, 1.165) is 55.6 Å². The maximum atomic E-state index is 6.13. The Morgan fingerprint density at radius 3 is 2.71 bits per heavy atom. The second-order valence-corrected chi connectivity index (χ2v) is 8.70. The molecule has 6 rings (SSSR count). The molecule has 4 aliphatic rings. The summed E-state index contributed by atoms with van der Waals surface area (Å²) in [5.74, 6) is 2.51. The summed E-state index contributed by atoms with van der Waals surface area (Å²) in [6.07, 6.45) is 9.81. The van der Waals surface area contributed by atoms with Crippen LogP contribution < -0.4 is 5.32 Å². The lowest BCUT2D eigenvalue weighted by Gasteiger charge is -2.30. The minimum Gasteiger partial charge on any atom is -0.473 e. The molecule has 0 amide bonds. The summed E-state index contributed by atoms with van der Waals surface area (Å²) in [6, 6.07) is 14.8. The Bertz CT molecular complexity index is 1030. The van der Waals surface area contributed by atoms with Gasteiger partial charge < -0.3 is 10.1 Å². The fraction of sp³-hybridized carbons (Fsp3) is 0.360. The number of rotatable bonds is 5. The maximum absolute atomic E-state index is 6.13. The van der Waals surface area contributed by atoms with E-state index in [9.17, 15) is 0 Å². The van der Waals surface area contributed by atoms with Gasteiger partial charge in [0.1, 0.15) is 6.10 Å². The van der Waals surface area contributed by atoms with Crippen LogP contribution >= 0.6 is 0 Å². The zero-order chi connectivity index (χ0) is 20.6. The first-order valence-electron chi connectivity index (χ1n) is 11.3. The maximum Gasteiger partial charge on any atom is 0.217 e. The van der Waals surface area contributed by atoms with E-state index in [1.807, 2.05) is 30.5 Å². The van der Waals surface area contributed by atoms with Gasteiger partial charge in [-0.25, -0.2) is 5.01 Å². The lowest BCUT2D eigenvalue weighted by Crippen LogP contribution is -2.34. The van der Waals surface area contributed by atoms with Crippen LogP contribution in [0.3, 0.4) is 0 Å². The van der Waals surface area contributed by atoms with Gasteiger partial charge in [0, 0.05) is 43.7 Å². The van der Waals surface area contributed by atoms with Crippen molar-refractivity contribution < 1.29 is 4.74 Å². The average Bonchev–Trinajstić information content (AvgIpc) is 3.42. The van der Waals surface area contributed by atoms with Crippen LogP contribution in [0.5, 0.6) is 0 Å². The fourth-order valence-electron chi connectivity index (χ4n) is 4.55. The van der Waals surface area contributed by atoms with Crippen molar-refractivity contribution in [3.05, 3.63) is 77.9 Å². The van der Waals surface area contributed by atoms with E-state index in [2.05, 4.69) is 50.8 Å². The Kier molecular flexibility index (Phi) is 4.81. The summed E-state index contributed by atoms with van der Waals surface area (Å²) in [7, 11) is 0. The van der Waals surface area contributed by atoms with Gasteiger partial charge >= 0.3 is 0 Å². The second kappa shape index (κ2) is 7.94. The number of pyridine rings is 1. The minimum absolute atomic E-state index is 0.232. The van der Waals surface area contributed by atoms with Crippen molar-refractivity contribution in [2.24, 2.45) is 10.9 Å². The van der Waals surface area contributed by atoms with E-state index in [1.54, 1.807) is 0 Å². The molecule has 1 atom stereocenters. The highest BCUT2D eigenvalue weighted by molar-refractivity contribution is 5.89. The monoisotopic (exact) mass is 413 g/mol. The van der Waals surface area contributed by atoms with Crippen LogP contribution in [0.25, 0.3) is 11.3 Å². The Morgan fingerprint density at radius 1 is 1.06 bits per heavy atom. The highest BCUT2D eigenvalue weighted by Crippen LogP contribution is 2.43. The summed E-state index contributed by atoms with van der Waals surface area (Å²) < 4.78 is 6.13. The number of ether oxygens (including phenoxy) is 1. The van der Waals surface area contributed by atoms with Gasteiger partial charge in [0.15, 0.2) is 5.82 Å². The number of benzene rings is 1. The third-order valence-electron chi connectivity index (χ3n) is 6.39. The van der Waals surface area contributed by atoms with Gasteiger partial charge in [-0.1, -0.05) is 30.3 Å². The molecule has 3 aliphatic heterocycles. The number of hydrazine groups is 1. The molecule has 31 heavy (non-hydrogen) atoms. The van der Waals surface area contributed by atoms with Gasteiger partial charge in [-0.05, 0) is 55.0 Å². The molecule has 1 aliphatic carbocycles. The molecule has 158 valence electrons. The predicted molar refractivity (Wildman–Crippen MR) is 121 cm³/mol. The summed E-state index contributed by atoms with van der Waals surface area (Å²) in [5.41, 5.74) is 4.90. The van der Waals surface area contributed by atoms with E-state index in [1.165, 1.54) is 24.0 Å². The smallest absolute Gasteiger partial charge is 0.217 e. The van der Waals surface area contributed by atoms with Crippen molar-refractivity contribution in [3.63, 3.8) is 0 Å². The van der Waals surface area contributed by atoms with Gasteiger partial charge in [-0.15, -0.1) is 0 Å². The fourth-order valence-corrected chi connectivity index (χ4v) is 4.55. The summed E-state index contributed by atoms with van der Waals surface area (Å²) in [6.45, 7) is 3.72. The largest absolute Gasteiger partial charge is 0.473 e. The highest BCUT2D eigenvalue weighted by Gasteiger charge is 2.39. The first-order valence-corrected chi connectivity index (χ1v) is 11.3. The van der Waals surface area contributed by atoms with Crippen molar-refractivity contribution in [3.8, 4) is 11.3 Å². The number of hydrogen-bond acceptors (Lipinski definition) is 6. The third kappa shape index (κ3) is 3.89. The quantitative estimate of drug-likeness (QED) is 0.810. The number of hydrogen-bond donors (Lipinski definition) is 1. The Balaban J connectivity index is 1.18. The molecule has 1 aromatic heterocycles. The Labute approximate surface area is 182 Å². The molecule has 0 unspecified atom stereocenters. The summed E-state index contributed by atoms with van der Waals surface area (Å²) in [4.78, 5) is 9.38. The number of nitrogens with zero attached hydrogens (tertiary/aromatic N) is 4. The molecule has 6 nitrogen and oxygen atoms in total. The second-order valence-electron chi connectivity index (χ2n) is 8.70. The molecular formula is C25H27N5O. The molecule has 4 heterocycles. The molecule has 2 aromatic rings. The van der Waals surface area contributed by atoms with Crippen LogP contribution in [0.1, 0.15) is 24.8 Å². The first kappa shape index (κ1) is 18.8. The van der Waals surface area contributed by atoms with Gasteiger partial charge in [-0.3, -0.25) is 9.99 Å². The van der Waals surface area contributed by atoms with E-state index < -0.39 is 0 Å². The number of aromatic nitrogens is 1. The molecule has 1 saturated carbocycles. The summed E-state index contributed by atoms with van der Waals surface area (Å²) in [5, 5.41) is 7.96. The van der Waals surface area contributed by atoms with Crippen LogP contribution in [0.4, 0.5) is 0 Å².